The van der Waals surface area contributed by atoms with E-state index in [2.05, 4.69) is 5.32 Å². The van der Waals surface area contributed by atoms with Crippen LogP contribution in [0.5, 0.6) is 11.5 Å². The Balaban J connectivity index is 1.97. The van der Waals surface area contributed by atoms with Gasteiger partial charge in [-0.1, -0.05) is 17.7 Å². The first-order valence-corrected chi connectivity index (χ1v) is 6.97. The standard InChI is InChI=1S/C16H14ClNO5/c1-22-11-3-2-4-12(8-11)23-9-15(19)18-10-5-6-14(17)13(7-10)16(20)21/h2-8H,9H2,1H3,(H,18,19)(H,20,21). The Morgan fingerprint density at radius 2 is 1.91 bits per heavy atom. The molecule has 23 heavy (non-hydrogen) atoms. The molecule has 0 saturated carbocycles. The van der Waals surface area contributed by atoms with Crippen molar-refractivity contribution in [2.24, 2.45) is 0 Å². The van der Waals surface area contributed by atoms with E-state index in [4.69, 9.17) is 26.2 Å². The van der Waals surface area contributed by atoms with E-state index in [1.54, 1.807) is 24.3 Å². The molecule has 0 aliphatic carbocycles. The van der Waals surface area contributed by atoms with E-state index in [1.807, 2.05) is 0 Å². The number of anilines is 1. The SMILES string of the molecule is COc1cccc(OCC(=O)Nc2ccc(Cl)c(C(=O)O)c2)c1. The van der Waals surface area contributed by atoms with E-state index in [-0.39, 0.29) is 17.2 Å². The summed E-state index contributed by atoms with van der Waals surface area (Å²) >= 11 is 5.77. The van der Waals surface area contributed by atoms with E-state index >= 15 is 0 Å². The topological polar surface area (TPSA) is 84.9 Å². The van der Waals surface area contributed by atoms with E-state index in [9.17, 15) is 9.59 Å². The first-order chi connectivity index (χ1) is 11.0. The molecule has 7 heteroatoms. The largest absolute Gasteiger partial charge is 0.497 e. The van der Waals surface area contributed by atoms with Crippen LogP contribution < -0.4 is 14.8 Å². The maximum absolute atomic E-state index is 11.9. The molecule has 0 atom stereocenters. The van der Waals surface area contributed by atoms with Gasteiger partial charge >= 0.3 is 5.97 Å². The Kier molecular flexibility index (Phi) is 5.43. The number of nitrogens with one attached hydrogen (secondary N) is 1. The van der Waals surface area contributed by atoms with Gasteiger partial charge < -0.3 is 19.9 Å². The van der Waals surface area contributed by atoms with Gasteiger partial charge in [0.2, 0.25) is 0 Å². The summed E-state index contributed by atoms with van der Waals surface area (Å²) in [7, 11) is 1.53. The quantitative estimate of drug-likeness (QED) is 0.847. The van der Waals surface area contributed by atoms with Gasteiger partial charge in [0, 0.05) is 11.8 Å². The van der Waals surface area contributed by atoms with Gasteiger partial charge in [-0.15, -0.1) is 0 Å². The second kappa shape index (κ2) is 7.51. The summed E-state index contributed by atoms with van der Waals surface area (Å²) in [5.41, 5.74) is 0.240. The van der Waals surface area contributed by atoms with Crippen LogP contribution in [-0.4, -0.2) is 30.7 Å². The van der Waals surface area contributed by atoms with E-state index in [1.165, 1.54) is 25.3 Å². The number of rotatable bonds is 6. The van der Waals surface area contributed by atoms with Gasteiger partial charge in [-0.2, -0.15) is 0 Å². The summed E-state index contributed by atoms with van der Waals surface area (Å²) < 4.78 is 10.4. The molecule has 0 aliphatic rings. The molecule has 0 spiro atoms. The molecule has 0 aromatic heterocycles. The smallest absolute Gasteiger partial charge is 0.337 e. The lowest BCUT2D eigenvalue weighted by atomic mass is 10.2. The van der Waals surface area contributed by atoms with Gasteiger partial charge in [-0.05, 0) is 30.3 Å². The molecule has 0 saturated heterocycles. The number of halogens is 1. The van der Waals surface area contributed by atoms with Crippen LogP contribution in [0.2, 0.25) is 5.02 Å². The minimum atomic E-state index is -1.17. The van der Waals surface area contributed by atoms with Crippen molar-refractivity contribution in [3.8, 4) is 11.5 Å². The summed E-state index contributed by atoms with van der Waals surface area (Å²) in [5.74, 6) is -0.487. The van der Waals surface area contributed by atoms with Crippen molar-refractivity contribution in [3.05, 3.63) is 53.1 Å². The lowest BCUT2D eigenvalue weighted by molar-refractivity contribution is -0.118. The van der Waals surface area contributed by atoms with Crippen molar-refractivity contribution in [1.82, 2.24) is 0 Å². The first kappa shape index (κ1) is 16.6. The van der Waals surface area contributed by atoms with Gasteiger partial charge in [0.15, 0.2) is 6.61 Å². The third-order valence-corrected chi connectivity index (χ3v) is 3.22. The number of carbonyl (C=O) groups is 2. The van der Waals surface area contributed by atoms with Crippen molar-refractivity contribution in [1.29, 1.82) is 0 Å². The number of carbonyl (C=O) groups excluding carboxylic acids is 1. The van der Waals surface area contributed by atoms with Gasteiger partial charge in [0.1, 0.15) is 11.5 Å². The normalized spacial score (nSPS) is 10.0. The molecule has 2 N–H and O–H groups in total. The molecule has 0 unspecified atom stereocenters. The highest BCUT2D eigenvalue weighted by Crippen LogP contribution is 2.21. The molecule has 2 rings (SSSR count). The Bertz CT molecular complexity index is 732. The van der Waals surface area contributed by atoms with E-state index < -0.39 is 11.9 Å². The van der Waals surface area contributed by atoms with Crippen LogP contribution in [0.3, 0.4) is 0 Å². The van der Waals surface area contributed by atoms with Crippen LogP contribution in [0.25, 0.3) is 0 Å². The lowest BCUT2D eigenvalue weighted by Crippen LogP contribution is -2.20. The Morgan fingerprint density at radius 1 is 1.17 bits per heavy atom. The Morgan fingerprint density at radius 3 is 2.61 bits per heavy atom. The number of hydrogen-bond donors (Lipinski definition) is 2. The minimum Gasteiger partial charge on any atom is -0.497 e. The van der Waals surface area contributed by atoms with Crippen LogP contribution in [0.4, 0.5) is 5.69 Å². The van der Waals surface area contributed by atoms with Crippen molar-refractivity contribution in [2.75, 3.05) is 19.0 Å². The molecule has 0 aliphatic heterocycles. The summed E-state index contributed by atoms with van der Waals surface area (Å²) in [6, 6.07) is 11.0. The second-order valence-corrected chi connectivity index (χ2v) is 4.92. The molecule has 0 fully saturated rings. The van der Waals surface area contributed by atoms with Gasteiger partial charge in [0.25, 0.3) is 5.91 Å². The van der Waals surface area contributed by atoms with Gasteiger partial charge in [-0.25, -0.2) is 4.79 Å². The molecular weight excluding hydrogens is 322 g/mol. The van der Waals surface area contributed by atoms with Gasteiger partial charge in [-0.3, -0.25) is 4.79 Å². The highest BCUT2D eigenvalue weighted by atomic mass is 35.5. The Hall–Kier alpha value is -2.73. The maximum Gasteiger partial charge on any atom is 0.337 e. The molecule has 0 heterocycles. The molecular formula is C16H14ClNO5. The van der Waals surface area contributed by atoms with Crippen LogP contribution in [0.1, 0.15) is 10.4 Å². The highest BCUT2D eigenvalue weighted by molar-refractivity contribution is 6.33. The highest BCUT2D eigenvalue weighted by Gasteiger charge is 2.11. The third-order valence-electron chi connectivity index (χ3n) is 2.89. The summed E-state index contributed by atoms with van der Waals surface area (Å²) in [6.45, 7) is -0.224. The fraction of sp³-hybridized carbons (Fsp3) is 0.125. The fourth-order valence-electron chi connectivity index (χ4n) is 1.80. The third kappa shape index (κ3) is 4.62. The molecule has 2 aromatic carbocycles. The average molecular weight is 336 g/mol. The number of carboxylic acid groups (broad SMARTS) is 1. The number of methoxy groups -OCH3 is 1. The predicted octanol–water partition coefficient (Wildman–Crippen LogP) is 3.06. The number of hydrogen-bond acceptors (Lipinski definition) is 4. The zero-order chi connectivity index (χ0) is 16.8. The zero-order valence-corrected chi connectivity index (χ0v) is 13.0. The molecule has 6 nitrogen and oxygen atoms in total. The molecule has 0 radical (unpaired) electrons. The Labute approximate surface area is 137 Å². The summed E-state index contributed by atoms with van der Waals surface area (Å²) in [6.07, 6.45) is 0. The molecule has 120 valence electrons. The van der Waals surface area contributed by atoms with Crippen LogP contribution in [-0.2, 0) is 4.79 Å². The van der Waals surface area contributed by atoms with Crippen molar-refractivity contribution < 1.29 is 24.2 Å². The van der Waals surface area contributed by atoms with Crippen LogP contribution in [0, 0.1) is 0 Å². The van der Waals surface area contributed by atoms with Crippen molar-refractivity contribution in [3.63, 3.8) is 0 Å². The number of benzene rings is 2. The summed E-state index contributed by atoms with van der Waals surface area (Å²) in [4.78, 5) is 22.9. The van der Waals surface area contributed by atoms with Crippen molar-refractivity contribution in [2.45, 2.75) is 0 Å². The average Bonchev–Trinajstić information content (AvgIpc) is 2.54. The molecule has 2 aromatic rings. The zero-order valence-electron chi connectivity index (χ0n) is 12.2. The molecule has 0 bridgehead atoms. The minimum absolute atomic E-state index is 0.0850. The predicted molar refractivity (Wildman–Crippen MR) is 85.5 cm³/mol. The second-order valence-electron chi connectivity index (χ2n) is 4.52. The van der Waals surface area contributed by atoms with E-state index in [0.29, 0.717) is 17.2 Å². The molecule has 1 amide bonds. The fourth-order valence-corrected chi connectivity index (χ4v) is 2.00. The van der Waals surface area contributed by atoms with Crippen LogP contribution >= 0.6 is 11.6 Å². The maximum atomic E-state index is 11.9. The van der Waals surface area contributed by atoms with Gasteiger partial charge in [0.05, 0.1) is 17.7 Å². The first-order valence-electron chi connectivity index (χ1n) is 6.59. The number of carboxylic acids is 1. The van der Waals surface area contributed by atoms with Crippen LogP contribution in [0.15, 0.2) is 42.5 Å². The van der Waals surface area contributed by atoms with E-state index in [0.717, 1.165) is 0 Å². The number of ether oxygens (including phenoxy) is 2. The van der Waals surface area contributed by atoms with Crippen molar-refractivity contribution >= 4 is 29.2 Å². The monoisotopic (exact) mass is 335 g/mol. The number of aromatic carboxylic acids is 1. The summed E-state index contributed by atoms with van der Waals surface area (Å²) in [5, 5.41) is 11.6. The lowest BCUT2D eigenvalue weighted by Gasteiger charge is -2.09. The number of amides is 1.